The van der Waals surface area contributed by atoms with Crippen LogP contribution in [0.3, 0.4) is 0 Å². The lowest BCUT2D eigenvalue weighted by atomic mass is 10.1. The largest absolute Gasteiger partial charge is 0.277 e. The van der Waals surface area contributed by atoms with Crippen LogP contribution in [0.1, 0.15) is 18.1 Å². The lowest BCUT2D eigenvalue weighted by Gasteiger charge is -2.24. The summed E-state index contributed by atoms with van der Waals surface area (Å²) in [5.41, 5.74) is 2.73. The van der Waals surface area contributed by atoms with Gasteiger partial charge in [-0.05, 0) is 24.6 Å². The van der Waals surface area contributed by atoms with Crippen molar-refractivity contribution in [3.05, 3.63) is 35.4 Å². The maximum absolute atomic E-state index is 8.71. The predicted molar refractivity (Wildman–Crippen MR) is 70.0 cm³/mol. The van der Waals surface area contributed by atoms with Crippen LogP contribution in [0.15, 0.2) is 29.4 Å². The lowest BCUT2D eigenvalue weighted by molar-refractivity contribution is 0.443. The molecule has 0 aromatic heterocycles. The molecule has 86 valence electrons. The van der Waals surface area contributed by atoms with Gasteiger partial charge in [-0.1, -0.05) is 23.9 Å². The Hall–Kier alpha value is -1.80. The second-order valence-corrected chi connectivity index (χ2v) is 4.76. The van der Waals surface area contributed by atoms with Crippen LogP contribution in [0.5, 0.6) is 0 Å². The van der Waals surface area contributed by atoms with Crippen molar-refractivity contribution in [1.82, 2.24) is 5.01 Å². The number of benzene rings is 1. The summed E-state index contributed by atoms with van der Waals surface area (Å²) in [5.74, 6) is 0.794. The van der Waals surface area contributed by atoms with Gasteiger partial charge < -0.3 is 0 Å². The number of nitriles is 1. The van der Waals surface area contributed by atoms with Gasteiger partial charge in [-0.2, -0.15) is 10.4 Å². The molecule has 0 atom stereocenters. The summed E-state index contributed by atoms with van der Waals surface area (Å²) in [6, 6.07) is 9.45. The topological polar surface area (TPSA) is 63.2 Å². The number of rotatable bonds is 2. The molecule has 1 aromatic rings. The van der Waals surface area contributed by atoms with Crippen molar-refractivity contribution in [3.8, 4) is 6.07 Å². The molecular weight excluding hydrogens is 232 g/mol. The van der Waals surface area contributed by atoms with Gasteiger partial charge in [-0.15, -0.1) is 0 Å². The maximum atomic E-state index is 8.71. The first-order chi connectivity index (χ1) is 8.19. The molecule has 1 aromatic carbocycles. The van der Waals surface area contributed by atoms with Gasteiger partial charge in [0.05, 0.1) is 18.2 Å². The van der Waals surface area contributed by atoms with Crippen LogP contribution in [0.25, 0.3) is 0 Å². The molecule has 0 saturated carbocycles. The van der Waals surface area contributed by atoms with E-state index in [0.717, 1.165) is 17.0 Å². The van der Waals surface area contributed by atoms with Gasteiger partial charge in [-0.25, -0.2) is 5.01 Å². The smallest absolute Gasteiger partial charge is 0.177 e. The van der Waals surface area contributed by atoms with Crippen LogP contribution >= 0.6 is 11.8 Å². The first-order valence-electron chi connectivity index (χ1n) is 5.21. The highest BCUT2D eigenvalue weighted by molar-refractivity contribution is 8.14. The Morgan fingerprint density at radius 3 is 2.82 bits per heavy atom. The second kappa shape index (κ2) is 5.02. The summed E-state index contributed by atoms with van der Waals surface area (Å²) >= 11 is 1.49. The molecule has 0 amide bonds. The molecule has 0 spiro atoms. The number of hydrogen-bond acceptors (Lipinski definition) is 4. The van der Waals surface area contributed by atoms with Gasteiger partial charge in [0.25, 0.3) is 0 Å². The molecule has 5 heteroatoms. The Labute approximate surface area is 104 Å². The lowest BCUT2D eigenvalue weighted by Crippen LogP contribution is -2.28. The Bertz CT molecular complexity index is 498. The number of nitrogens with zero attached hydrogens (tertiary/aromatic N) is 3. The van der Waals surface area contributed by atoms with Crippen LogP contribution in [0.4, 0.5) is 0 Å². The molecule has 17 heavy (non-hydrogen) atoms. The van der Waals surface area contributed by atoms with Crippen molar-refractivity contribution >= 4 is 22.6 Å². The van der Waals surface area contributed by atoms with Crippen LogP contribution in [0, 0.1) is 16.7 Å². The van der Waals surface area contributed by atoms with Gasteiger partial charge >= 0.3 is 0 Å². The van der Waals surface area contributed by atoms with E-state index in [1.165, 1.54) is 11.8 Å². The van der Waals surface area contributed by atoms with Gasteiger partial charge in [0.1, 0.15) is 0 Å². The molecule has 0 fully saturated rings. The highest BCUT2D eigenvalue weighted by atomic mass is 32.2. The predicted octanol–water partition coefficient (Wildman–Crippen LogP) is 2.42. The molecule has 0 aliphatic carbocycles. The minimum absolute atomic E-state index is 0.472. The Morgan fingerprint density at radius 2 is 2.18 bits per heavy atom. The van der Waals surface area contributed by atoms with Crippen molar-refractivity contribution in [2.75, 3.05) is 5.75 Å². The summed E-state index contributed by atoms with van der Waals surface area (Å²) in [7, 11) is 0. The molecule has 1 heterocycles. The standard InChI is InChI=1S/C12H12N4S/c1-9-8-17-12(14)16(15-9)7-11-4-2-10(6-13)3-5-11/h2-5,14H,7-8H2,1H3. The van der Waals surface area contributed by atoms with Crippen molar-refractivity contribution in [2.24, 2.45) is 5.10 Å². The third-order valence-electron chi connectivity index (χ3n) is 2.36. The average molecular weight is 244 g/mol. The first kappa shape index (κ1) is 11.7. The first-order valence-corrected chi connectivity index (χ1v) is 6.19. The number of thioether (sulfide) groups is 1. The van der Waals surface area contributed by atoms with Gasteiger partial charge in [0, 0.05) is 11.5 Å². The molecule has 0 radical (unpaired) electrons. The summed E-state index contributed by atoms with van der Waals surface area (Å²) in [6.07, 6.45) is 0. The fraction of sp³-hybridized carbons (Fsp3) is 0.250. The summed E-state index contributed by atoms with van der Waals surface area (Å²) in [4.78, 5) is 0. The SMILES string of the molecule is CC1=NN(Cc2ccc(C#N)cc2)C(=N)SC1. The Morgan fingerprint density at radius 1 is 1.47 bits per heavy atom. The van der Waals surface area contributed by atoms with Gasteiger partial charge in [0.2, 0.25) is 0 Å². The van der Waals surface area contributed by atoms with Crippen LogP contribution in [-0.4, -0.2) is 21.6 Å². The van der Waals surface area contributed by atoms with E-state index in [1.807, 2.05) is 19.1 Å². The quantitative estimate of drug-likeness (QED) is 0.869. The average Bonchev–Trinajstić information content (AvgIpc) is 2.35. The number of amidine groups is 1. The van der Waals surface area contributed by atoms with Gasteiger partial charge in [-0.3, -0.25) is 5.41 Å². The van der Waals surface area contributed by atoms with E-state index in [2.05, 4.69) is 11.2 Å². The molecule has 0 unspecified atom stereocenters. The van der Waals surface area contributed by atoms with Crippen molar-refractivity contribution in [2.45, 2.75) is 13.5 Å². The second-order valence-electron chi connectivity index (χ2n) is 3.80. The Balaban J connectivity index is 2.12. The monoisotopic (exact) mass is 244 g/mol. The van der Waals surface area contributed by atoms with E-state index in [1.54, 1.807) is 17.1 Å². The minimum Gasteiger partial charge on any atom is -0.277 e. The third kappa shape index (κ3) is 2.86. The van der Waals surface area contributed by atoms with Crippen LogP contribution in [-0.2, 0) is 6.54 Å². The van der Waals surface area contributed by atoms with Crippen molar-refractivity contribution < 1.29 is 0 Å². The molecule has 2 rings (SSSR count). The summed E-state index contributed by atoms with van der Waals surface area (Å²) < 4.78 is 0. The fourth-order valence-electron chi connectivity index (χ4n) is 1.49. The summed E-state index contributed by atoms with van der Waals surface area (Å²) in [6.45, 7) is 2.54. The Kier molecular flexibility index (Phi) is 3.45. The van der Waals surface area contributed by atoms with E-state index in [4.69, 9.17) is 10.7 Å². The van der Waals surface area contributed by atoms with E-state index < -0.39 is 0 Å². The summed E-state index contributed by atoms with van der Waals surface area (Å²) in [5, 5.41) is 23.0. The van der Waals surface area contributed by atoms with Gasteiger partial charge in [0.15, 0.2) is 5.17 Å². The molecule has 0 saturated heterocycles. The molecule has 0 bridgehead atoms. The normalized spacial score (nSPS) is 15.4. The number of hydrazone groups is 1. The van der Waals surface area contributed by atoms with Crippen LogP contribution < -0.4 is 0 Å². The van der Waals surface area contributed by atoms with E-state index in [0.29, 0.717) is 17.3 Å². The molecule has 1 aliphatic rings. The van der Waals surface area contributed by atoms with E-state index in [9.17, 15) is 0 Å². The van der Waals surface area contributed by atoms with Crippen LogP contribution in [0.2, 0.25) is 0 Å². The fourth-order valence-corrected chi connectivity index (χ4v) is 2.15. The van der Waals surface area contributed by atoms with E-state index in [-0.39, 0.29) is 0 Å². The number of hydrogen-bond donors (Lipinski definition) is 1. The van der Waals surface area contributed by atoms with Crippen molar-refractivity contribution in [1.29, 1.82) is 10.7 Å². The van der Waals surface area contributed by atoms with E-state index >= 15 is 0 Å². The third-order valence-corrected chi connectivity index (χ3v) is 3.41. The molecule has 4 nitrogen and oxygen atoms in total. The maximum Gasteiger partial charge on any atom is 0.177 e. The number of nitrogens with one attached hydrogen (secondary N) is 1. The zero-order valence-electron chi connectivity index (χ0n) is 9.47. The molecular formula is C12H12N4S. The zero-order valence-corrected chi connectivity index (χ0v) is 10.3. The molecule has 1 aliphatic heterocycles. The highest BCUT2D eigenvalue weighted by Gasteiger charge is 2.15. The minimum atomic E-state index is 0.472. The highest BCUT2D eigenvalue weighted by Crippen LogP contribution is 2.17. The molecule has 1 N–H and O–H groups in total. The van der Waals surface area contributed by atoms with Crippen molar-refractivity contribution in [3.63, 3.8) is 0 Å². The zero-order chi connectivity index (χ0) is 12.3.